The number of hydrogen-bond acceptors (Lipinski definition) is 4. The van der Waals surface area contributed by atoms with Crippen LogP contribution in [0.15, 0.2) is 65.5 Å². The Morgan fingerprint density at radius 2 is 1.62 bits per heavy atom. The van der Waals surface area contributed by atoms with E-state index in [0.29, 0.717) is 31.0 Å². The molecule has 0 unspecified atom stereocenters. The van der Waals surface area contributed by atoms with Gasteiger partial charge in [0.15, 0.2) is 5.43 Å². The molecule has 0 amide bonds. The third-order valence-electron chi connectivity index (χ3n) is 5.45. The van der Waals surface area contributed by atoms with Crippen LogP contribution in [-0.4, -0.2) is 16.2 Å². The fraction of sp³-hybridized carbons (Fsp3) is 0.259. The molecule has 0 aliphatic carbocycles. The fourth-order valence-corrected chi connectivity index (χ4v) is 4.04. The molecular weight excluding hydrogens is 398 g/mol. The zero-order valence-electron chi connectivity index (χ0n) is 19.1. The molecule has 2 aromatic carbocycles. The van der Waals surface area contributed by atoms with E-state index in [1.54, 1.807) is 6.07 Å². The van der Waals surface area contributed by atoms with Gasteiger partial charge in [-0.25, -0.2) is 4.98 Å². The first-order valence-electron chi connectivity index (χ1n) is 11.0. The van der Waals surface area contributed by atoms with Crippen molar-refractivity contribution < 1.29 is 4.74 Å². The molecule has 4 rings (SSSR count). The highest BCUT2D eigenvalue weighted by Gasteiger charge is 2.16. The quantitative estimate of drug-likeness (QED) is 0.430. The molecule has 5 heteroatoms. The Labute approximate surface area is 188 Å². The van der Waals surface area contributed by atoms with Crippen molar-refractivity contribution in [2.75, 3.05) is 11.9 Å². The topological polar surface area (TPSA) is 56.1 Å². The molecule has 1 N–H and O–H groups in total. The summed E-state index contributed by atoms with van der Waals surface area (Å²) in [4.78, 5) is 17.6. The van der Waals surface area contributed by atoms with E-state index in [-0.39, 0.29) is 5.43 Å². The minimum absolute atomic E-state index is 0.0943. The molecule has 0 aliphatic heterocycles. The lowest BCUT2D eigenvalue weighted by atomic mass is 10.1. The summed E-state index contributed by atoms with van der Waals surface area (Å²) < 4.78 is 7.89. The van der Waals surface area contributed by atoms with Gasteiger partial charge in [0.1, 0.15) is 11.2 Å². The van der Waals surface area contributed by atoms with E-state index >= 15 is 0 Å². The number of fused-ring (bicyclic) bond motifs is 1. The van der Waals surface area contributed by atoms with Crippen molar-refractivity contribution in [3.8, 4) is 5.88 Å². The van der Waals surface area contributed by atoms with Crippen LogP contribution in [0.3, 0.4) is 0 Å². The average Bonchev–Trinajstić information content (AvgIpc) is 2.74. The molecule has 0 radical (unpaired) electrons. The molecule has 164 valence electrons. The summed E-state index contributed by atoms with van der Waals surface area (Å²) in [5.74, 6) is 1.18. The van der Waals surface area contributed by atoms with E-state index < -0.39 is 0 Å². The zero-order valence-corrected chi connectivity index (χ0v) is 19.1. The first-order chi connectivity index (χ1) is 15.4. The Kier molecular flexibility index (Phi) is 6.26. The van der Waals surface area contributed by atoms with Gasteiger partial charge in [-0.2, -0.15) is 0 Å². The minimum atomic E-state index is -0.0943. The largest absolute Gasteiger partial charge is 0.477 e. The highest BCUT2D eigenvalue weighted by atomic mass is 16.5. The van der Waals surface area contributed by atoms with Crippen molar-refractivity contribution in [1.29, 1.82) is 0 Å². The minimum Gasteiger partial charge on any atom is -0.477 e. The van der Waals surface area contributed by atoms with Gasteiger partial charge in [-0.1, -0.05) is 59.7 Å². The molecule has 0 bridgehead atoms. The molecular formula is C27H29N3O2. The third kappa shape index (κ3) is 4.67. The van der Waals surface area contributed by atoms with Crippen molar-refractivity contribution in [3.05, 3.63) is 98.8 Å². The maximum absolute atomic E-state index is 13.2. The number of nitrogens with one attached hydrogen (secondary N) is 1. The van der Waals surface area contributed by atoms with Crippen molar-refractivity contribution >= 4 is 16.7 Å². The van der Waals surface area contributed by atoms with Crippen molar-refractivity contribution in [2.24, 2.45) is 0 Å². The second-order valence-corrected chi connectivity index (χ2v) is 8.21. The molecule has 4 aromatic rings. The maximum atomic E-state index is 13.2. The Morgan fingerprint density at radius 3 is 2.31 bits per heavy atom. The van der Waals surface area contributed by atoms with Gasteiger partial charge in [0, 0.05) is 24.8 Å². The van der Waals surface area contributed by atoms with E-state index in [4.69, 9.17) is 4.74 Å². The first kappa shape index (κ1) is 21.6. The molecule has 0 saturated carbocycles. The molecule has 0 fully saturated rings. The van der Waals surface area contributed by atoms with Gasteiger partial charge in [-0.3, -0.25) is 4.79 Å². The maximum Gasteiger partial charge on any atom is 0.227 e. The molecule has 32 heavy (non-hydrogen) atoms. The summed E-state index contributed by atoms with van der Waals surface area (Å²) in [5.41, 5.74) is 6.29. The van der Waals surface area contributed by atoms with Gasteiger partial charge in [-0.15, -0.1) is 0 Å². The predicted molar refractivity (Wildman–Crippen MR) is 131 cm³/mol. The summed E-state index contributed by atoms with van der Waals surface area (Å²) in [6.07, 6.45) is 0. The summed E-state index contributed by atoms with van der Waals surface area (Å²) in [6.45, 7) is 9.71. The fourth-order valence-electron chi connectivity index (χ4n) is 4.04. The van der Waals surface area contributed by atoms with Crippen molar-refractivity contribution in [3.63, 3.8) is 0 Å². The van der Waals surface area contributed by atoms with Gasteiger partial charge in [0.05, 0.1) is 12.1 Å². The lowest BCUT2D eigenvalue weighted by Gasteiger charge is -2.20. The lowest BCUT2D eigenvalue weighted by Crippen LogP contribution is -2.17. The second-order valence-electron chi connectivity index (χ2n) is 8.21. The zero-order chi connectivity index (χ0) is 22.7. The number of anilines is 1. The number of rotatable bonds is 7. The highest BCUT2D eigenvalue weighted by molar-refractivity contribution is 5.86. The number of nitrogens with zero attached hydrogens (tertiary/aromatic N) is 2. The summed E-state index contributed by atoms with van der Waals surface area (Å²) in [5, 5.41) is 4.02. The molecule has 2 aromatic heterocycles. The van der Waals surface area contributed by atoms with Crippen molar-refractivity contribution in [2.45, 2.75) is 40.8 Å². The van der Waals surface area contributed by atoms with Crippen LogP contribution < -0.4 is 15.5 Å². The summed E-state index contributed by atoms with van der Waals surface area (Å²) >= 11 is 0. The summed E-state index contributed by atoms with van der Waals surface area (Å²) in [6, 6.07) is 20.4. The monoisotopic (exact) mass is 427 g/mol. The van der Waals surface area contributed by atoms with Crippen molar-refractivity contribution in [1.82, 2.24) is 9.55 Å². The predicted octanol–water partition coefficient (Wildman–Crippen LogP) is 5.38. The number of aromatic nitrogens is 2. The average molecular weight is 428 g/mol. The highest BCUT2D eigenvalue weighted by Crippen LogP contribution is 2.26. The van der Waals surface area contributed by atoms with Crippen LogP contribution in [0, 0.1) is 20.8 Å². The van der Waals surface area contributed by atoms with Crippen LogP contribution in [0.25, 0.3) is 10.9 Å². The molecule has 2 heterocycles. The molecule has 0 aliphatic rings. The van der Waals surface area contributed by atoms with Gasteiger partial charge < -0.3 is 14.6 Å². The van der Waals surface area contributed by atoms with Gasteiger partial charge in [0.25, 0.3) is 0 Å². The smallest absolute Gasteiger partial charge is 0.227 e. The standard InChI is InChI=1S/C27H29N3O2/c1-5-32-27-26-23(14-20(4)29-27)30(17-22-11-7-9-19(3)13-22)25(15-24(26)31)28-16-21-10-6-8-18(2)12-21/h6-15,28H,5,16-17H2,1-4H3. The number of benzene rings is 2. The second kappa shape index (κ2) is 9.27. The van der Waals surface area contributed by atoms with E-state index in [9.17, 15) is 4.79 Å². The Hall–Kier alpha value is -3.60. The van der Waals surface area contributed by atoms with Gasteiger partial charge >= 0.3 is 0 Å². The number of aryl methyl sites for hydroxylation is 3. The molecule has 0 saturated heterocycles. The molecule has 0 atom stereocenters. The van der Waals surface area contributed by atoms with E-state index in [0.717, 1.165) is 17.0 Å². The number of pyridine rings is 2. The van der Waals surface area contributed by atoms with Crippen LogP contribution in [-0.2, 0) is 13.1 Å². The molecule has 0 spiro atoms. The number of ether oxygens (including phenoxy) is 1. The Morgan fingerprint density at radius 1 is 0.938 bits per heavy atom. The van der Waals surface area contributed by atoms with Gasteiger partial charge in [0.2, 0.25) is 5.88 Å². The SMILES string of the molecule is CCOc1nc(C)cc2c1c(=O)cc(NCc1cccc(C)c1)n2Cc1cccc(C)c1. The normalized spacial score (nSPS) is 11.0. The Bertz CT molecular complexity index is 1320. The van der Waals surface area contributed by atoms with Crippen LogP contribution >= 0.6 is 0 Å². The van der Waals surface area contributed by atoms with Crippen LogP contribution in [0.2, 0.25) is 0 Å². The van der Waals surface area contributed by atoms with Crippen LogP contribution in [0.1, 0.15) is 34.9 Å². The van der Waals surface area contributed by atoms with Crippen LogP contribution in [0.5, 0.6) is 5.88 Å². The lowest BCUT2D eigenvalue weighted by molar-refractivity contribution is 0.330. The first-order valence-corrected chi connectivity index (χ1v) is 11.0. The third-order valence-corrected chi connectivity index (χ3v) is 5.45. The summed E-state index contributed by atoms with van der Waals surface area (Å²) in [7, 11) is 0. The van der Waals surface area contributed by atoms with Gasteiger partial charge in [-0.05, 0) is 44.9 Å². The van der Waals surface area contributed by atoms with Crippen LogP contribution in [0.4, 0.5) is 5.82 Å². The van der Waals surface area contributed by atoms with E-state index in [2.05, 4.69) is 77.2 Å². The van der Waals surface area contributed by atoms with E-state index in [1.807, 2.05) is 19.9 Å². The Balaban J connectivity index is 1.86. The van der Waals surface area contributed by atoms with E-state index in [1.165, 1.54) is 22.3 Å². The number of hydrogen-bond donors (Lipinski definition) is 1. The molecule has 5 nitrogen and oxygen atoms in total.